The van der Waals surface area contributed by atoms with Gasteiger partial charge in [-0.3, -0.25) is 24.3 Å². The third kappa shape index (κ3) is 6.78. The van der Waals surface area contributed by atoms with Crippen molar-refractivity contribution in [3.05, 3.63) is 89.7 Å². The van der Waals surface area contributed by atoms with Crippen LogP contribution < -0.4 is 15.4 Å². The van der Waals surface area contributed by atoms with Crippen molar-refractivity contribution in [3.8, 4) is 11.5 Å². The number of pyridine rings is 1. The molecule has 3 fully saturated rings. The van der Waals surface area contributed by atoms with Crippen LogP contribution in [0.2, 0.25) is 0 Å². The second kappa shape index (κ2) is 14.0. The first-order chi connectivity index (χ1) is 22.4. The molecular weight excluding hydrogens is 582 g/mol. The average molecular weight is 626 g/mol. The van der Waals surface area contributed by atoms with Gasteiger partial charge < -0.3 is 25.4 Å². The number of nitrogens with zero attached hydrogens (tertiary/aromatic N) is 3. The fraction of sp³-hybridized carbons (Fsp3) is 0.444. The molecule has 2 atom stereocenters. The molecule has 46 heavy (non-hydrogen) atoms. The summed E-state index contributed by atoms with van der Waals surface area (Å²) in [6.07, 6.45) is 8.54. The van der Waals surface area contributed by atoms with Crippen molar-refractivity contribution in [2.75, 3.05) is 20.1 Å². The van der Waals surface area contributed by atoms with Gasteiger partial charge in [-0.1, -0.05) is 37.5 Å². The molecule has 2 saturated heterocycles. The van der Waals surface area contributed by atoms with Crippen LogP contribution in [0.15, 0.2) is 73.1 Å². The molecule has 1 saturated carbocycles. The second-order valence-corrected chi connectivity index (χ2v) is 12.8. The van der Waals surface area contributed by atoms with Gasteiger partial charge in [0.1, 0.15) is 23.1 Å². The van der Waals surface area contributed by atoms with Crippen molar-refractivity contribution in [1.29, 1.82) is 0 Å². The number of piperazine rings is 1. The molecule has 0 radical (unpaired) electrons. The van der Waals surface area contributed by atoms with Gasteiger partial charge in [-0.15, -0.1) is 0 Å². The van der Waals surface area contributed by atoms with Crippen LogP contribution in [-0.2, 0) is 22.7 Å². The largest absolute Gasteiger partial charge is 0.457 e. The molecule has 0 bridgehead atoms. The van der Waals surface area contributed by atoms with Gasteiger partial charge in [0.15, 0.2) is 0 Å². The predicted octanol–water partition coefficient (Wildman–Crippen LogP) is 4.04. The lowest BCUT2D eigenvalue weighted by molar-refractivity contribution is -0.167. The maximum Gasteiger partial charge on any atom is 0.251 e. The highest BCUT2D eigenvalue weighted by Gasteiger charge is 2.55. The van der Waals surface area contributed by atoms with Crippen LogP contribution >= 0.6 is 0 Å². The number of rotatable bonds is 9. The molecule has 242 valence electrons. The van der Waals surface area contributed by atoms with E-state index in [0.717, 1.165) is 43.2 Å². The Morgan fingerprint density at radius 2 is 1.65 bits per heavy atom. The van der Waals surface area contributed by atoms with E-state index in [4.69, 9.17) is 4.74 Å². The standard InChI is InChI=1S/C36H43N5O5/c1-37-33(43)28-11-15-30(16-12-28)46-29-13-9-25(10-14-29)23-40-20-17-36(18-21-40)35(45)39-31(32(42)27-7-3-2-4-8-27)34(44)41(36)24-26-6-5-19-38-22-26/h5-6,9-16,19,22,27,31-32,42H,2-4,7-8,17-18,20-21,23-24H2,1H3,(H,37,43)(H,39,45). The van der Waals surface area contributed by atoms with Crippen LogP contribution in [0.3, 0.4) is 0 Å². The van der Waals surface area contributed by atoms with E-state index in [1.165, 1.54) is 0 Å². The molecule has 3 aliphatic rings. The Kier molecular flexibility index (Phi) is 9.65. The number of amides is 3. The van der Waals surface area contributed by atoms with Crippen molar-refractivity contribution < 1.29 is 24.2 Å². The maximum atomic E-state index is 14.1. The van der Waals surface area contributed by atoms with Crippen molar-refractivity contribution in [2.24, 2.45) is 5.92 Å². The number of carbonyl (C=O) groups excluding carboxylic acids is 3. The maximum absolute atomic E-state index is 14.1. The fourth-order valence-corrected chi connectivity index (χ4v) is 7.18. The minimum absolute atomic E-state index is 0.0190. The highest BCUT2D eigenvalue weighted by atomic mass is 16.5. The molecule has 2 unspecified atom stereocenters. The van der Waals surface area contributed by atoms with E-state index in [1.807, 2.05) is 36.4 Å². The van der Waals surface area contributed by atoms with E-state index in [0.29, 0.717) is 49.5 Å². The molecule has 6 rings (SSSR count). The number of aliphatic hydroxyl groups excluding tert-OH is 1. The Balaban J connectivity index is 1.11. The number of ether oxygens (including phenoxy) is 1. The first-order valence-electron chi connectivity index (χ1n) is 16.4. The van der Waals surface area contributed by atoms with E-state index in [1.54, 1.807) is 48.6 Å². The number of benzene rings is 2. The van der Waals surface area contributed by atoms with E-state index in [2.05, 4.69) is 20.5 Å². The lowest BCUT2D eigenvalue weighted by atomic mass is 9.77. The van der Waals surface area contributed by atoms with Crippen LogP contribution in [0, 0.1) is 5.92 Å². The molecule has 2 aromatic carbocycles. The Morgan fingerprint density at radius 3 is 2.28 bits per heavy atom. The van der Waals surface area contributed by atoms with Gasteiger partial charge in [-0.25, -0.2) is 0 Å². The van der Waals surface area contributed by atoms with E-state index < -0.39 is 17.7 Å². The summed E-state index contributed by atoms with van der Waals surface area (Å²) in [5, 5.41) is 16.9. The molecular formula is C36H43N5O5. The molecule has 10 heteroatoms. The summed E-state index contributed by atoms with van der Waals surface area (Å²) < 4.78 is 5.96. The lowest BCUT2D eigenvalue weighted by Crippen LogP contribution is -2.74. The van der Waals surface area contributed by atoms with Gasteiger partial charge in [0.25, 0.3) is 5.91 Å². The van der Waals surface area contributed by atoms with Gasteiger partial charge in [0, 0.05) is 51.2 Å². The van der Waals surface area contributed by atoms with E-state index in [9.17, 15) is 19.5 Å². The first-order valence-corrected chi connectivity index (χ1v) is 16.4. The number of nitrogens with one attached hydrogen (secondary N) is 2. The minimum atomic E-state index is -0.975. The number of hydrogen-bond acceptors (Lipinski definition) is 7. The molecule has 3 aromatic rings. The van der Waals surface area contributed by atoms with Crippen LogP contribution in [0.25, 0.3) is 0 Å². The molecule has 1 aromatic heterocycles. The van der Waals surface area contributed by atoms with Crippen LogP contribution in [0.1, 0.15) is 66.4 Å². The number of piperidine rings is 1. The highest BCUT2D eigenvalue weighted by molar-refractivity contribution is 6.00. The van der Waals surface area contributed by atoms with Gasteiger partial charge in [-0.05, 0) is 85.2 Å². The quantitative estimate of drug-likeness (QED) is 0.328. The fourth-order valence-electron chi connectivity index (χ4n) is 7.18. The smallest absolute Gasteiger partial charge is 0.251 e. The van der Waals surface area contributed by atoms with Gasteiger partial charge in [-0.2, -0.15) is 0 Å². The third-order valence-corrected chi connectivity index (χ3v) is 9.89. The second-order valence-electron chi connectivity index (χ2n) is 12.8. The van der Waals surface area contributed by atoms with E-state index >= 15 is 0 Å². The number of carbonyl (C=O) groups is 3. The Bertz CT molecular complexity index is 1500. The minimum Gasteiger partial charge on any atom is -0.457 e. The number of aliphatic hydroxyl groups is 1. The van der Waals surface area contributed by atoms with Crippen molar-refractivity contribution in [3.63, 3.8) is 0 Å². The van der Waals surface area contributed by atoms with Crippen molar-refractivity contribution >= 4 is 17.7 Å². The Morgan fingerprint density at radius 1 is 0.978 bits per heavy atom. The number of hydrogen-bond donors (Lipinski definition) is 3. The van der Waals surface area contributed by atoms with Crippen molar-refractivity contribution in [2.45, 2.75) is 75.7 Å². The van der Waals surface area contributed by atoms with Crippen molar-refractivity contribution in [1.82, 2.24) is 25.4 Å². The highest BCUT2D eigenvalue weighted by Crippen LogP contribution is 2.37. The van der Waals surface area contributed by atoms with Gasteiger partial charge in [0.2, 0.25) is 11.8 Å². The number of aromatic nitrogens is 1. The normalized spacial score (nSPS) is 21.1. The van der Waals surface area contributed by atoms with Crippen LogP contribution in [0.4, 0.5) is 0 Å². The molecule has 10 nitrogen and oxygen atoms in total. The molecule has 1 aliphatic carbocycles. The van der Waals surface area contributed by atoms with Crippen LogP contribution in [0.5, 0.6) is 11.5 Å². The molecule has 3 N–H and O–H groups in total. The lowest BCUT2D eigenvalue weighted by Gasteiger charge is -2.52. The topological polar surface area (TPSA) is 124 Å². The summed E-state index contributed by atoms with van der Waals surface area (Å²) in [6, 6.07) is 17.7. The molecule has 2 aliphatic heterocycles. The zero-order chi connectivity index (χ0) is 32.1. The third-order valence-electron chi connectivity index (χ3n) is 9.89. The zero-order valence-corrected chi connectivity index (χ0v) is 26.4. The summed E-state index contributed by atoms with van der Waals surface area (Å²) in [4.78, 5) is 48.1. The van der Waals surface area contributed by atoms with Gasteiger partial charge in [0.05, 0.1) is 6.10 Å². The predicted molar refractivity (Wildman–Crippen MR) is 173 cm³/mol. The summed E-state index contributed by atoms with van der Waals surface area (Å²) >= 11 is 0. The summed E-state index contributed by atoms with van der Waals surface area (Å²) in [5.41, 5.74) is 1.57. The average Bonchev–Trinajstić information content (AvgIpc) is 3.10. The Hall–Kier alpha value is -4.28. The zero-order valence-electron chi connectivity index (χ0n) is 26.4. The monoisotopic (exact) mass is 625 g/mol. The summed E-state index contributed by atoms with van der Waals surface area (Å²) in [7, 11) is 1.60. The molecule has 1 spiro atoms. The number of likely N-dealkylation sites (tertiary alicyclic amines) is 1. The molecule has 3 heterocycles. The first kappa shape index (κ1) is 31.7. The van der Waals surface area contributed by atoms with E-state index in [-0.39, 0.29) is 30.2 Å². The summed E-state index contributed by atoms with van der Waals surface area (Å²) in [5.74, 6) is 0.850. The van der Waals surface area contributed by atoms with Crippen LogP contribution in [-0.4, -0.2) is 75.4 Å². The SMILES string of the molecule is CNC(=O)c1ccc(Oc2ccc(CN3CCC4(CC3)C(=O)NC(C(O)C3CCCCC3)C(=O)N4Cc3cccnc3)cc2)cc1. The Labute approximate surface area is 270 Å². The molecule has 3 amide bonds. The van der Waals surface area contributed by atoms with Gasteiger partial charge >= 0.3 is 0 Å². The summed E-state index contributed by atoms with van der Waals surface area (Å²) in [6.45, 7) is 2.29.